The van der Waals surface area contributed by atoms with Gasteiger partial charge in [-0.25, -0.2) is 0 Å². The molecule has 108 valence electrons. The first-order chi connectivity index (χ1) is 9.56. The van der Waals surface area contributed by atoms with Crippen LogP contribution < -0.4 is 0 Å². The summed E-state index contributed by atoms with van der Waals surface area (Å²) < 4.78 is 1.70. The number of hydrogen-bond donors (Lipinski definition) is 0. The average molecular weight is 293 g/mol. The molecule has 6 nitrogen and oxygen atoms in total. The first-order valence-electron chi connectivity index (χ1n) is 7.07. The molecule has 0 spiro atoms. The summed E-state index contributed by atoms with van der Waals surface area (Å²) in [5.74, 6) is 1.65. The van der Waals surface area contributed by atoms with E-state index < -0.39 is 0 Å². The molecule has 0 bridgehead atoms. The van der Waals surface area contributed by atoms with E-state index in [1.54, 1.807) is 4.52 Å². The van der Waals surface area contributed by atoms with Crippen LogP contribution in [0.5, 0.6) is 0 Å². The number of fused-ring (bicyclic) bond motifs is 1. The molecule has 0 aromatic carbocycles. The summed E-state index contributed by atoms with van der Waals surface area (Å²) in [6.45, 7) is 7.94. The zero-order chi connectivity index (χ0) is 14.3. The summed E-state index contributed by atoms with van der Waals surface area (Å²) in [4.78, 5) is 15.1. The molecule has 0 radical (unpaired) electrons. The molecule has 7 heteroatoms. The lowest BCUT2D eigenvalue weighted by Crippen LogP contribution is -2.39. The summed E-state index contributed by atoms with van der Waals surface area (Å²) in [5.41, 5.74) is 0. The van der Waals surface area contributed by atoms with Gasteiger partial charge in [-0.05, 0) is 18.8 Å². The van der Waals surface area contributed by atoms with Crippen LogP contribution in [0.25, 0.3) is 4.96 Å². The fourth-order valence-electron chi connectivity index (χ4n) is 2.59. The standard InChI is InChI=1S/C13H19N5OS/c1-8(2)10-14-15-13-18(10)16-11(20-13)12(19)17-6-4-5-9(3)7-17/h8-9H,4-7H2,1-3H3. The number of carbonyl (C=O) groups excluding carboxylic acids is 1. The number of aromatic nitrogens is 4. The molecule has 0 saturated carbocycles. The van der Waals surface area contributed by atoms with Gasteiger partial charge in [0.25, 0.3) is 5.91 Å². The highest BCUT2D eigenvalue weighted by molar-refractivity contribution is 7.18. The van der Waals surface area contributed by atoms with Gasteiger partial charge in [0.2, 0.25) is 9.97 Å². The van der Waals surface area contributed by atoms with Gasteiger partial charge in [-0.3, -0.25) is 4.79 Å². The van der Waals surface area contributed by atoms with Crippen LogP contribution in [0.3, 0.4) is 0 Å². The maximum atomic E-state index is 12.5. The first kappa shape index (κ1) is 13.5. The molecule has 2 aromatic rings. The lowest BCUT2D eigenvalue weighted by atomic mass is 10.0. The molecular weight excluding hydrogens is 274 g/mol. The SMILES string of the molecule is CC1CCCN(C(=O)c2nn3c(C(C)C)nnc3s2)C1. The number of likely N-dealkylation sites (tertiary alicyclic amines) is 1. The van der Waals surface area contributed by atoms with Gasteiger partial charge in [-0.2, -0.15) is 4.52 Å². The monoisotopic (exact) mass is 293 g/mol. The Morgan fingerprint density at radius 3 is 2.90 bits per heavy atom. The highest BCUT2D eigenvalue weighted by Crippen LogP contribution is 2.22. The van der Waals surface area contributed by atoms with E-state index in [0.29, 0.717) is 15.9 Å². The van der Waals surface area contributed by atoms with E-state index in [9.17, 15) is 4.79 Å². The molecule has 1 atom stereocenters. The minimum atomic E-state index is 0.0294. The second-order valence-corrected chi connectivity index (χ2v) is 6.77. The summed E-state index contributed by atoms with van der Waals surface area (Å²) in [6.07, 6.45) is 2.28. The van der Waals surface area contributed by atoms with E-state index in [1.165, 1.54) is 17.8 Å². The van der Waals surface area contributed by atoms with Crippen molar-refractivity contribution in [1.29, 1.82) is 0 Å². The third-order valence-corrected chi connectivity index (χ3v) is 4.55. The van der Waals surface area contributed by atoms with Crippen LogP contribution in [0.1, 0.15) is 55.2 Å². The van der Waals surface area contributed by atoms with Gasteiger partial charge < -0.3 is 4.90 Å². The van der Waals surface area contributed by atoms with E-state index in [-0.39, 0.29) is 11.8 Å². The van der Waals surface area contributed by atoms with Crippen molar-refractivity contribution in [3.05, 3.63) is 10.8 Å². The van der Waals surface area contributed by atoms with Crippen molar-refractivity contribution in [3.8, 4) is 0 Å². The molecule has 1 amide bonds. The van der Waals surface area contributed by atoms with E-state index in [1.807, 2.05) is 18.7 Å². The molecule has 1 fully saturated rings. The van der Waals surface area contributed by atoms with Gasteiger partial charge >= 0.3 is 0 Å². The Hall–Kier alpha value is -1.50. The highest BCUT2D eigenvalue weighted by Gasteiger charge is 2.26. The molecule has 1 unspecified atom stereocenters. The number of rotatable bonds is 2. The number of nitrogens with zero attached hydrogens (tertiary/aromatic N) is 5. The molecule has 1 aliphatic heterocycles. The Morgan fingerprint density at radius 1 is 1.40 bits per heavy atom. The van der Waals surface area contributed by atoms with Gasteiger partial charge in [0.05, 0.1) is 0 Å². The van der Waals surface area contributed by atoms with Crippen LogP contribution in [-0.2, 0) is 0 Å². The number of piperidine rings is 1. The fraction of sp³-hybridized carbons (Fsp3) is 0.692. The lowest BCUT2D eigenvalue weighted by Gasteiger charge is -2.30. The maximum Gasteiger partial charge on any atom is 0.284 e. The van der Waals surface area contributed by atoms with Gasteiger partial charge in [0.1, 0.15) is 0 Å². The van der Waals surface area contributed by atoms with Crippen LogP contribution in [0, 0.1) is 5.92 Å². The molecule has 1 aliphatic rings. The Kier molecular flexibility index (Phi) is 3.45. The third kappa shape index (κ3) is 2.30. The molecule has 20 heavy (non-hydrogen) atoms. The molecule has 2 aromatic heterocycles. The predicted molar refractivity (Wildman–Crippen MR) is 77.0 cm³/mol. The van der Waals surface area contributed by atoms with Crippen molar-refractivity contribution in [2.45, 2.75) is 39.5 Å². The third-order valence-electron chi connectivity index (χ3n) is 3.66. The Balaban J connectivity index is 1.88. The molecule has 0 aliphatic carbocycles. The van der Waals surface area contributed by atoms with Crippen molar-refractivity contribution in [3.63, 3.8) is 0 Å². The zero-order valence-corrected chi connectivity index (χ0v) is 12.9. The van der Waals surface area contributed by atoms with Crippen LogP contribution in [0.4, 0.5) is 0 Å². The largest absolute Gasteiger partial charge is 0.336 e. The van der Waals surface area contributed by atoms with E-state index >= 15 is 0 Å². The molecular formula is C13H19N5OS. The second kappa shape index (κ2) is 5.12. The predicted octanol–water partition coefficient (Wildman–Crippen LogP) is 2.18. The van der Waals surface area contributed by atoms with E-state index in [4.69, 9.17) is 0 Å². The molecule has 3 heterocycles. The van der Waals surface area contributed by atoms with E-state index in [0.717, 1.165) is 25.3 Å². The summed E-state index contributed by atoms with van der Waals surface area (Å²) in [7, 11) is 0. The van der Waals surface area contributed by atoms with Gasteiger partial charge in [-0.15, -0.1) is 15.3 Å². The summed E-state index contributed by atoms with van der Waals surface area (Å²) >= 11 is 1.33. The van der Waals surface area contributed by atoms with Crippen molar-refractivity contribution in [2.24, 2.45) is 5.92 Å². The van der Waals surface area contributed by atoms with Crippen LogP contribution in [0.15, 0.2) is 0 Å². The smallest absolute Gasteiger partial charge is 0.284 e. The average Bonchev–Trinajstić information content (AvgIpc) is 2.96. The first-order valence-corrected chi connectivity index (χ1v) is 7.89. The van der Waals surface area contributed by atoms with E-state index in [2.05, 4.69) is 22.2 Å². The van der Waals surface area contributed by atoms with Crippen molar-refractivity contribution in [1.82, 2.24) is 24.7 Å². The van der Waals surface area contributed by atoms with Gasteiger partial charge in [0, 0.05) is 19.0 Å². The Morgan fingerprint density at radius 2 is 2.20 bits per heavy atom. The minimum absolute atomic E-state index is 0.0294. The maximum absolute atomic E-state index is 12.5. The Bertz CT molecular complexity index is 632. The van der Waals surface area contributed by atoms with Crippen molar-refractivity contribution in [2.75, 3.05) is 13.1 Å². The number of carbonyl (C=O) groups is 1. The fourth-order valence-corrected chi connectivity index (χ4v) is 3.40. The normalized spacial score (nSPS) is 20.0. The summed E-state index contributed by atoms with van der Waals surface area (Å²) in [5, 5.41) is 13.1. The number of hydrogen-bond acceptors (Lipinski definition) is 5. The quantitative estimate of drug-likeness (QED) is 0.851. The number of amides is 1. The second-order valence-electron chi connectivity index (χ2n) is 5.81. The molecule has 1 saturated heterocycles. The zero-order valence-electron chi connectivity index (χ0n) is 12.0. The molecule has 3 rings (SSSR count). The van der Waals surface area contributed by atoms with Crippen LogP contribution >= 0.6 is 11.3 Å². The highest BCUT2D eigenvalue weighted by atomic mass is 32.1. The summed E-state index contributed by atoms with van der Waals surface area (Å²) in [6, 6.07) is 0. The minimum Gasteiger partial charge on any atom is -0.336 e. The van der Waals surface area contributed by atoms with Gasteiger partial charge in [0.15, 0.2) is 5.82 Å². The van der Waals surface area contributed by atoms with Gasteiger partial charge in [-0.1, -0.05) is 32.1 Å². The van der Waals surface area contributed by atoms with Crippen molar-refractivity contribution < 1.29 is 4.79 Å². The topological polar surface area (TPSA) is 63.4 Å². The molecule has 0 N–H and O–H groups in total. The van der Waals surface area contributed by atoms with Crippen LogP contribution in [0.2, 0.25) is 0 Å². The lowest BCUT2D eigenvalue weighted by molar-refractivity contribution is 0.0681. The van der Waals surface area contributed by atoms with Crippen molar-refractivity contribution >= 4 is 22.2 Å². The van der Waals surface area contributed by atoms with Crippen LogP contribution in [-0.4, -0.2) is 43.7 Å². The Labute approximate surface area is 121 Å².